The van der Waals surface area contributed by atoms with Crippen LogP contribution in [0.25, 0.3) is 0 Å². The highest BCUT2D eigenvalue weighted by molar-refractivity contribution is 6.27. The Kier molecular flexibility index (Phi) is 4.90. The van der Waals surface area contributed by atoms with E-state index in [1.54, 1.807) is 6.92 Å². The molecule has 11 heavy (non-hydrogen) atoms. The quantitative estimate of drug-likeness (QED) is 0.404. The predicted molar refractivity (Wildman–Crippen MR) is 42.0 cm³/mol. The van der Waals surface area contributed by atoms with Gasteiger partial charge in [-0.05, 0) is 6.92 Å². The molecule has 0 aliphatic heterocycles. The number of esters is 1. The highest BCUT2D eigenvalue weighted by Gasteiger charge is 2.09. The molecule has 0 bridgehead atoms. The minimum atomic E-state index is -1.03. The number of aliphatic hydroxyl groups is 1. The van der Waals surface area contributed by atoms with E-state index in [0.717, 1.165) is 5.54 Å². The van der Waals surface area contributed by atoms with E-state index in [1.807, 2.05) is 0 Å². The second-order valence-electron chi connectivity index (χ2n) is 2.06. The van der Waals surface area contributed by atoms with Crippen molar-refractivity contribution < 1.29 is 14.6 Å². The summed E-state index contributed by atoms with van der Waals surface area (Å²) in [5, 5.41) is 8.86. The average Bonchev–Trinajstić information content (AvgIpc) is 2.02. The Labute approximate surface area is 70.6 Å². The van der Waals surface area contributed by atoms with E-state index >= 15 is 0 Å². The number of aliphatic hydroxyl groups excluding tert-OH is 1. The van der Waals surface area contributed by atoms with Gasteiger partial charge in [0.15, 0.2) is 0 Å². The molecule has 0 rings (SSSR count). The van der Waals surface area contributed by atoms with Crippen molar-refractivity contribution in [3.63, 3.8) is 0 Å². The van der Waals surface area contributed by atoms with E-state index in [4.69, 9.17) is 16.7 Å². The molecule has 0 aromatic heterocycles. The van der Waals surface area contributed by atoms with Gasteiger partial charge in [-0.2, -0.15) is 0 Å². The van der Waals surface area contributed by atoms with Crippen molar-refractivity contribution in [3.05, 3.63) is 11.1 Å². The molecule has 1 N–H and O–H groups in total. The molecule has 0 saturated carbocycles. The van der Waals surface area contributed by atoms with Crippen LogP contribution in [0.4, 0.5) is 0 Å². The Morgan fingerprint density at radius 2 is 2.36 bits per heavy atom. The molecule has 0 aliphatic carbocycles. The van der Waals surface area contributed by atoms with Crippen molar-refractivity contribution in [3.8, 4) is 0 Å². The molecule has 0 heterocycles. The molecule has 0 fully saturated rings. The second kappa shape index (κ2) is 5.16. The minimum absolute atomic E-state index is 0.277. The van der Waals surface area contributed by atoms with E-state index in [-0.39, 0.29) is 5.57 Å². The van der Waals surface area contributed by atoms with Crippen LogP contribution in [-0.4, -0.2) is 17.4 Å². The minimum Gasteiger partial charge on any atom is -0.433 e. The van der Waals surface area contributed by atoms with E-state index < -0.39 is 12.3 Å². The number of halogens is 1. The van der Waals surface area contributed by atoms with Crippen molar-refractivity contribution in [2.45, 2.75) is 26.6 Å². The fourth-order valence-electron chi connectivity index (χ4n) is 0.344. The van der Waals surface area contributed by atoms with E-state index in [2.05, 4.69) is 4.74 Å². The van der Waals surface area contributed by atoms with Gasteiger partial charge in [-0.3, -0.25) is 0 Å². The molecule has 0 radical (unpaired) electrons. The van der Waals surface area contributed by atoms with Crippen molar-refractivity contribution in [2.24, 2.45) is 0 Å². The summed E-state index contributed by atoms with van der Waals surface area (Å²) < 4.78 is 4.52. The standard InChI is InChI=1S/C7H11ClO3/c1-3-6(9)11-7(10)5(2)4-8/h4,6,9H,3H2,1-2H3. The van der Waals surface area contributed by atoms with Gasteiger partial charge < -0.3 is 9.84 Å². The first-order valence-corrected chi connectivity index (χ1v) is 3.71. The third-order valence-corrected chi connectivity index (χ3v) is 1.41. The lowest BCUT2D eigenvalue weighted by atomic mass is 10.3. The lowest BCUT2D eigenvalue weighted by molar-refractivity contribution is -0.163. The van der Waals surface area contributed by atoms with Crippen LogP contribution >= 0.6 is 11.6 Å². The maximum atomic E-state index is 10.8. The van der Waals surface area contributed by atoms with E-state index in [0.29, 0.717) is 6.42 Å². The average molecular weight is 179 g/mol. The summed E-state index contributed by atoms with van der Waals surface area (Å²) in [6.07, 6.45) is -0.657. The zero-order valence-electron chi connectivity index (χ0n) is 6.50. The Hall–Kier alpha value is -0.540. The molecular formula is C7H11ClO3. The summed E-state index contributed by atoms with van der Waals surface area (Å²) in [7, 11) is 0. The zero-order valence-corrected chi connectivity index (χ0v) is 7.26. The first-order chi connectivity index (χ1) is 5.11. The highest BCUT2D eigenvalue weighted by Crippen LogP contribution is 2.02. The van der Waals surface area contributed by atoms with Crippen molar-refractivity contribution in [1.82, 2.24) is 0 Å². The number of rotatable bonds is 3. The number of ether oxygens (including phenoxy) is 1. The van der Waals surface area contributed by atoms with Gasteiger partial charge in [0.2, 0.25) is 6.29 Å². The van der Waals surface area contributed by atoms with Gasteiger partial charge in [-0.25, -0.2) is 4.79 Å². The summed E-state index contributed by atoms with van der Waals surface area (Å²) in [4.78, 5) is 10.8. The second-order valence-corrected chi connectivity index (χ2v) is 2.28. The van der Waals surface area contributed by atoms with Crippen LogP contribution in [0.2, 0.25) is 0 Å². The third-order valence-electron chi connectivity index (χ3n) is 1.08. The molecule has 4 heteroatoms. The van der Waals surface area contributed by atoms with Gasteiger partial charge in [-0.15, -0.1) is 0 Å². The Morgan fingerprint density at radius 3 is 2.73 bits per heavy atom. The fourth-order valence-corrected chi connectivity index (χ4v) is 0.433. The normalized spacial score (nSPS) is 14.4. The zero-order chi connectivity index (χ0) is 8.85. The molecule has 0 spiro atoms. The van der Waals surface area contributed by atoms with Crippen LogP contribution in [-0.2, 0) is 9.53 Å². The van der Waals surface area contributed by atoms with Crippen LogP contribution in [0.15, 0.2) is 11.1 Å². The smallest absolute Gasteiger partial charge is 0.336 e. The van der Waals surface area contributed by atoms with Gasteiger partial charge in [-0.1, -0.05) is 18.5 Å². The van der Waals surface area contributed by atoms with E-state index in [1.165, 1.54) is 6.92 Å². The largest absolute Gasteiger partial charge is 0.433 e. The number of hydrogen-bond acceptors (Lipinski definition) is 3. The predicted octanol–water partition coefficient (Wildman–Crippen LogP) is 1.40. The summed E-state index contributed by atoms with van der Waals surface area (Å²) in [5.74, 6) is -0.589. The maximum Gasteiger partial charge on any atom is 0.336 e. The van der Waals surface area contributed by atoms with Gasteiger partial charge >= 0.3 is 5.97 Å². The molecule has 1 unspecified atom stereocenters. The SMILES string of the molecule is CCC(O)OC(=O)C(C)=CCl. The van der Waals surface area contributed by atoms with Crippen LogP contribution in [0.5, 0.6) is 0 Å². The Balaban J connectivity index is 3.88. The topological polar surface area (TPSA) is 46.5 Å². The van der Waals surface area contributed by atoms with Crippen LogP contribution in [0.3, 0.4) is 0 Å². The first-order valence-electron chi connectivity index (χ1n) is 3.27. The lowest BCUT2D eigenvalue weighted by Crippen LogP contribution is -2.16. The lowest BCUT2D eigenvalue weighted by Gasteiger charge is -2.08. The molecule has 0 amide bonds. The molecular weight excluding hydrogens is 168 g/mol. The first kappa shape index (κ1) is 10.5. The van der Waals surface area contributed by atoms with Crippen molar-refractivity contribution in [2.75, 3.05) is 0 Å². The monoisotopic (exact) mass is 178 g/mol. The van der Waals surface area contributed by atoms with Gasteiger partial charge in [0.25, 0.3) is 0 Å². The summed E-state index contributed by atoms with van der Waals surface area (Å²) in [6, 6.07) is 0. The summed E-state index contributed by atoms with van der Waals surface area (Å²) in [6.45, 7) is 3.22. The molecule has 64 valence electrons. The van der Waals surface area contributed by atoms with Gasteiger partial charge in [0.1, 0.15) is 0 Å². The molecule has 1 atom stereocenters. The number of carbonyl (C=O) groups excluding carboxylic acids is 1. The van der Waals surface area contributed by atoms with Gasteiger partial charge in [0.05, 0.1) is 0 Å². The fraction of sp³-hybridized carbons (Fsp3) is 0.571. The number of carbonyl (C=O) groups is 1. The van der Waals surface area contributed by atoms with Crippen molar-refractivity contribution in [1.29, 1.82) is 0 Å². The van der Waals surface area contributed by atoms with E-state index in [9.17, 15) is 4.79 Å². The molecule has 0 aliphatic rings. The Bertz CT molecular complexity index is 165. The van der Waals surface area contributed by atoms with Crippen LogP contribution in [0.1, 0.15) is 20.3 Å². The molecule has 3 nitrogen and oxygen atoms in total. The van der Waals surface area contributed by atoms with Crippen molar-refractivity contribution >= 4 is 17.6 Å². The maximum absolute atomic E-state index is 10.8. The number of hydrogen-bond donors (Lipinski definition) is 1. The molecule has 0 saturated heterocycles. The highest BCUT2D eigenvalue weighted by atomic mass is 35.5. The third kappa shape index (κ3) is 4.01. The molecule has 0 aromatic carbocycles. The summed E-state index contributed by atoms with van der Waals surface area (Å²) >= 11 is 5.23. The van der Waals surface area contributed by atoms with Crippen LogP contribution < -0.4 is 0 Å². The summed E-state index contributed by atoms with van der Waals surface area (Å²) in [5.41, 5.74) is 1.39. The van der Waals surface area contributed by atoms with Gasteiger partial charge in [0, 0.05) is 17.5 Å². The van der Waals surface area contributed by atoms with Crippen LogP contribution in [0, 0.1) is 0 Å². The Morgan fingerprint density at radius 1 is 1.82 bits per heavy atom. The molecule has 0 aromatic rings.